The minimum absolute atomic E-state index is 0.0538. The summed E-state index contributed by atoms with van der Waals surface area (Å²) in [5.74, 6) is -0.946. The fraction of sp³-hybridized carbons (Fsp3) is 0.417. The van der Waals surface area contributed by atoms with E-state index in [1.807, 2.05) is 6.92 Å². The first-order valence-electron chi connectivity index (χ1n) is 5.43. The first-order valence-corrected chi connectivity index (χ1v) is 5.43. The van der Waals surface area contributed by atoms with Crippen LogP contribution in [0.4, 0.5) is 4.39 Å². The average molecular weight is 223 g/mol. The zero-order valence-electron chi connectivity index (χ0n) is 9.11. The first-order chi connectivity index (χ1) is 7.63. The maximum absolute atomic E-state index is 13.0. The Labute approximate surface area is 93.5 Å². The summed E-state index contributed by atoms with van der Waals surface area (Å²) in [5.41, 5.74) is 0.0538. The summed E-state index contributed by atoms with van der Waals surface area (Å²) >= 11 is 0. The van der Waals surface area contributed by atoms with Crippen LogP contribution in [0.2, 0.25) is 0 Å². The van der Waals surface area contributed by atoms with Crippen molar-refractivity contribution in [3.8, 4) is 5.75 Å². The Morgan fingerprint density at radius 2 is 2.38 bits per heavy atom. The van der Waals surface area contributed by atoms with E-state index in [0.29, 0.717) is 6.54 Å². The van der Waals surface area contributed by atoms with Crippen molar-refractivity contribution in [1.29, 1.82) is 0 Å². The quantitative estimate of drug-likeness (QED) is 0.834. The van der Waals surface area contributed by atoms with Gasteiger partial charge in [-0.2, -0.15) is 0 Å². The standard InChI is InChI=1S/C12H14FNO2/c1-2-9-5-6-14(9)12(16)10-7-8(13)3-4-11(10)15/h3-4,7,9,15H,2,5-6H2,1H3/t9-/m1/s1. The van der Waals surface area contributed by atoms with Gasteiger partial charge in [0.15, 0.2) is 0 Å². The molecule has 1 N–H and O–H groups in total. The Kier molecular flexibility index (Phi) is 2.81. The molecule has 2 rings (SSSR count). The SMILES string of the molecule is CC[C@@H]1CCN1C(=O)c1cc(F)ccc1O. The molecule has 1 aromatic carbocycles. The summed E-state index contributed by atoms with van der Waals surface area (Å²) in [6, 6.07) is 3.67. The molecule has 0 aliphatic carbocycles. The van der Waals surface area contributed by atoms with Crippen LogP contribution < -0.4 is 0 Å². The molecule has 86 valence electrons. The van der Waals surface area contributed by atoms with Crippen molar-refractivity contribution in [1.82, 2.24) is 4.90 Å². The van der Waals surface area contributed by atoms with Crippen LogP contribution in [-0.2, 0) is 0 Å². The molecule has 1 atom stereocenters. The van der Waals surface area contributed by atoms with E-state index < -0.39 is 5.82 Å². The first kappa shape index (κ1) is 10.9. The van der Waals surface area contributed by atoms with Gasteiger partial charge in [0.05, 0.1) is 5.56 Å². The minimum atomic E-state index is -0.505. The van der Waals surface area contributed by atoms with Gasteiger partial charge in [-0.25, -0.2) is 4.39 Å². The van der Waals surface area contributed by atoms with Crippen LogP contribution in [0.15, 0.2) is 18.2 Å². The van der Waals surface area contributed by atoms with Crippen molar-refractivity contribution >= 4 is 5.91 Å². The maximum Gasteiger partial charge on any atom is 0.257 e. The number of hydrogen-bond donors (Lipinski definition) is 1. The van der Waals surface area contributed by atoms with Crippen LogP contribution in [0.1, 0.15) is 30.1 Å². The molecule has 0 saturated carbocycles. The summed E-state index contributed by atoms with van der Waals surface area (Å²) in [5, 5.41) is 9.52. The van der Waals surface area contributed by atoms with Gasteiger partial charge in [0.2, 0.25) is 0 Å². The monoisotopic (exact) mass is 223 g/mol. The van der Waals surface area contributed by atoms with Crippen LogP contribution in [0, 0.1) is 5.82 Å². The number of nitrogens with zero attached hydrogens (tertiary/aromatic N) is 1. The minimum Gasteiger partial charge on any atom is -0.507 e. The Balaban J connectivity index is 2.23. The lowest BCUT2D eigenvalue weighted by molar-refractivity contribution is 0.0452. The molecule has 3 nitrogen and oxygen atoms in total. The molecule has 16 heavy (non-hydrogen) atoms. The highest BCUT2D eigenvalue weighted by Crippen LogP contribution is 2.26. The van der Waals surface area contributed by atoms with Gasteiger partial charge in [-0.05, 0) is 31.0 Å². The lowest BCUT2D eigenvalue weighted by atomic mass is 9.98. The zero-order chi connectivity index (χ0) is 11.7. The summed E-state index contributed by atoms with van der Waals surface area (Å²) in [4.78, 5) is 13.6. The van der Waals surface area contributed by atoms with Gasteiger partial charge in [0, 0.05) is 12.6 Å². The highest BCUT2D eigenvalue weighted by atomic mass is 19.1. The number of rotatable bonds is 2. The molecule has 1 fully saturated rings. The number of hydrogen-bond acceptors (Lipinski definition) is 2. The second kappa shape index (κ2) is 4.12. The number of halogens is 1. The van der Waals surface area contributed by atoms with Crippen LogP contribution >= 0.6 is 0 Å². The van der Waals surface area contributed by atoms with Gasteiger partial charge in [-0.15, -0.1) is 0 Å². The predicted molar refractivity (Wildman–Crippen MR) is 57.8 cm³/mol. The maximum atomic E-state index is 13.0. The highest BCUT2D eigenvalue weighted by molar-refractivity contribution is 5.97. The van der Waals surface area contributed by atoms with Crippen molar-refractivity contribution < 1.29 is 14.3 Å². The smallest absolute Gasteiger partial charge is 0.257 e. The lowest BCUT2D eigenvalue weighted by Gasteiger charge is -2.40. The Morgan fingerprint density at radius 1 is 1.62 bits per heavy atom. The number of phenolic OH excluding ortho intramolecular Hbond substituents is 1. The third-order valence-electron chi connectivity index (χ3n) is 3.07. The molecule has 0 unspecified atom stereocenters. The van der Waals surface area contributed by atoms with Gasteiger partial charge in [0.1, 0.15) is 11.6 Å². The molecule has 1 saturated heterocycles. The topological polar surface area (TPSA) is 40.5 Å². The molecular formula is C12H14FNO2. The Hall–Kier alpha value is -1.58. The Morgan fingerprint density at radius 3 is 2.94 bits per heavy atom. The van der Waals surface area contributed by atoms with Crippen LogP contribution in [0.3, 0.4) is 0 Å². The van der Waals surface area contributed by atoms with Crippen LogP contribution in [0.5, 0.6) is 5.75 Å². The van der Waals surface area contributed by atoms with Gasteiger partial charge in [-0.3, -0.25) is 4.79 Å². The molecule has 1 heterocycles. The van der Waals surface area contributed by atoms with Gasteiger partial charge < -0.3 is 10.0 Å². The number of amides is 1. The second-order valence-electron chi connectivity index (χ2n) is 4.01. The molecule has 0 bridgehead atoms. The number of phenols is 1. The lowest BCUT2D eigenvalue weighted by Crippen LogP contribution is -2.50. The molecule has 4 heteroatoms. The van der Waals surface area contributed by atoms with Gasteiger partial charge >= 0.3 is 0 Å². The summed E-state index contributed by atoms with van der Waals surface area (Å²) in [6.07, 6.45) is 1.88. The van der Waals surface area contributed by atoms with Crippen LogP contribution in [0.25, 0.3) is 0 Å². The summed E-state index contributed by atoms with van der Waals surface area (Å²) < 4.78 is 13.0. The number of benzene rings is 1. The van der Waals surface area contributed by atoms with Crippen molar-refractivity contribution in [3.05, 3.63) is 29.6 Å². The Bertz CT molecular complexity index is 417. The van der Waals surface area contributed by atoms with E-state index in [2.05, 4.69) is 0 Å². The molecule has 1 amide bonds. The van der Waals surface area contributed by atoms with E-state index in [1.165, 1.54) is 6.07 Å². The number of likely N-dealkylation sites (tertiary alicyclic amines) is 1. The molecule has 1 aromatic rings. The third kappa shape index (κ3) is 1.75. The number of carbonyl (C=O) groups excluding carboxylic acids is 1. The van der Waals surface area contributed by atoms with E-state index >= 15 is 0 Å². The van der Waals surface area contributed by atoms with E-state index in [4.69, 9.17) is 0 Å². The average Bonchev–Trinajstić information content (AvgIpc) is 2.20. The van der Waals surface area contributed by atoms with Crippen LogP contribution in [-0.4, -0.2) is 28.5 Å². The van der Waals surface area contributed by atoms with Gasteiger partial charge in [-0.1, -0.05) is 6.92 Å². The van der Waals surface area contributed by atoms with Crippen molar-refractivity contribution in [2.75, 3.05) is 6.54 Å². The fourth-order valence-corrected chi connectivity index (χ4v) is 1.97. The molecular weight excluding hydrogens is 209 g/mol. The molecule has 0 spiro atoms. The third-order valence-corrected chi connectivity index (χ3v) is 3.07. The van der Waals surface area contributed by atoms with E-state index in [-0.39, 0.29) is 23.3 Å². The zero-order valence-corrected chi connectivity index (χ0v) is 9.11. The van der Waals surface area contributed by atoms with Gasteiger partial charge in [0.25, 0.3) is 5.91 Å². The van der Waals surface area contributed by atoms with Crippen molar-refractivity contribution in [2.45, 2.75) is 25.8 Å². The van der Waals surface area contributed by atoms with Crippen molar-refractivity contribution in [2.24, 2.45) is 0 Å². The largest absolute Gasteiger partial charge is 0.507 e. The number of aromatic hydroxyl groups is 1. The summed E-state index contributed by atoms with van der Waals surface area (Å²) in [6.45, 7) is 2.70. The molecule has 0 radical (unpaired) electrons. The molecule has 0 aromatic heterocycles. The number of carbonyl (C=O) groups is 1. The van der Waals surface area contributed by atoms with E-state index in [1.54, 1.807) is 4.90 Å². The van der Waals surface area contributed by atoms with Crippen molar-refractivity contribution in [3.63, 3.8) is 0 Å². The van der Waals surface area contributed by atoms with E-state index in [0.717, 1.165) is 25.0 Å². The van der Waals surface area contributed by atoms with E-state index in [9.17, 15) is 14.3 Å². The predicted octanol–water partition coefficient (Wildman–Crippen LogP) is 2.16. The highest BCUT2D eigenvalue weighted by Gasteiger charge is 2.32. The molecule has 1 aliphatic rings. The second-order valence-corrected chi connectivity index (χ2v) is 4.01. The molecule has 1 aliphatic heterocycles. The fourth-order valence-electron chi connectivity index (χ4n) is 1.97. The summed E-state index contributed by atoms with van der Waals surface area (Å²) in [7, 11) is 0. The normalized spacial score (nSPS) is 19.4.